The van der Waals surface area contributed by atoms with Gasteiger partial charge in [-0.25, -0.2) is 0 Å². The number of rotatable bonds is 32. The van der Waals surface area contributed by atoms with Gasteiger partial charge in [-0.15, -0.1) is 0 Å². The van der Waals surface area contributed by atoms with Crippen LogP contribution in [0.2, 0.25) is 0 Å². The Morgan fingerprint density at radius 2 is 0.845 bits per heavy atom. The average molecular weight is 979 g/mol. The van der Waals surface area contributed by atoms with Gasteiger partial charge in [-0.1, -0.05) is 24.3 Å². The van der Waals surface area contributed by atoms with Gasteiger partial charge in [-0.3, -0.25) is 33.6 Å². The number of anilines is 1. The summed E-state index contributed by atoms with van der Waals surface area (Å²) in [5.74, 6) is -2.58. The number of Topliss-reactive ketones (excluding diaryl/α,β-unsaturated/α-hetero) is 3. The standard InChI is InChI=1S/C53H70N8O10/c1-58-37-13-11-12-36(32-37)51(66)59-41(14-5-8-23-54)44(62)30-34-18-21-48(70-3)39(27-34)53(68)61-43(16-7-10-25-56)46(64)31-35-19-22-49(71-4)40(28-35)52(67)60-42(15-6-9-24-55)45(63)29-33-17-20-47(69-2)38(26-33)50(57)65/h11-13,17-22,26-28,32,41-43,58H,5-10,14-16,23-25,29-31,54-56H2,1-4H3,(H2,57,65)(H,59,66)(H,60,67)(H,61,68)/t41-,42-,43-/m0/s1. The minimum absolute atomic E-state index is 0.0823. The van der Waals surface area contributed by atoms with E-state index in [2.05, 4.69) is 21.3 Å². The molecule has 0 radical (unpaired) electrons. The Labute approximate surface area is 415 Å². The summed E-state index contributed by atoms with van der Waals surface area (Å²) in [6.45, 7) is 1.19. The van der Waals surface area contributed by atoms with Crippen LogP contribution in [0.15, 0.2) is 78.9 Å². The van der Waals surface area contributed by atoms with Gasteiger partial charge in [0.2, 0.25) is 0 Å². The monoisotopic (exact) mass is 979 g/mol. The Morgan fingerprint density at radius 1 is 0.479 bits per heavy atom. The maximum atomic E-state index is 14.2. The number of methoxy groups -OCH3 is 3. The summed E-state index contributed by atoms with van der Waals surface area (Å²) in [6.07, 6.45) is 4.05. The van der Waals surface area contributed by atoms with Gasteiger partial charge in [0.25, 0.3) is 23.6 Å². The molecule has 0 fully saturated rings. The molecule has 12 N–H and O–H groups in total. The van der Waals surface area contributed by atoms with Crippen LogP contribution in [0.3, 0.4) is 0 Å². The topological polar surface area (TPSA) is 299 Å². The highest BCUT2D eigenvalue weighted by Gasteiger charge is 2.28. The van der Waals surface area contributed by atoms with Gasteiger partial charge < -0.3 is 58.4 Å². The number of carbonyl (C=O) groups excluding carboxylic acids is 7. The van der Waals surface area contributed by atoms with Crippen LogP contribution in [-0.4, -0.2) is 107 Å². The third kappa shape index (κ3) is 17.0. The number of nitrogens with two attached hydrogens (primary N) is 4. The molecule has 18 heteroatoms. The normalized spacial score (nSPS) is 12.2. The molecule has 4 aromatic rings. The molecule has 0 saturated heterocycles. The van der Waals surface area contributed by atoms with Gasteiger partial charge in [0.15, 0.2) is 17.3 Å². The van der Waals surface area contributed by atoms with Crippen molar-refractivity contribution in [2.24, 2.45) is 22.9 Å². The van der Waals surface area contributed by atoms with E-state index < -0.39 is 41.8 Å². The summed E-state index contributed by atoms with van der Waals surface area (Å²) < 4.78 is 16.3. The number of hydrogen-bond donors (Lipinski definition) is 8. The van der Waals surface area contributed by atoms with Crippen molar-refractivity contribution in [2.75, 3.05) is 53.3 Å². The predicted molar refractivity (Wildman–Crippen MR) is 272 cm³/mol. The number of hydrogen-bond acceptors (Lipinski definition) is 14. The summed E-state index contributed by atoms with van der Waals surface area (Å²) in [4.78, 5) is 95.4. The number of primary amides is 1. The smallest absolute Gasteiger partial charge is 0.255 e. The third-order valence-electron chi connectivity index (χ3n) is 12.0. The number of amides is 4. The zero-order valence-electron chi connectivity index (χ0n) is 41.2. The Kier molecular flexibility index (Phi) is 23.2. The van der Waals surface area contributed by atoms with Gasteiger partial charge in [0.05, 0.1) is 56.1 Å². The van der Waals surface area contributed by atoms with Crippen molar-refractivity contribution in [1.82, 2.24) is 16.0 Å². The first-order valence-corrected chi connectivity index (χ1v) is 23.9. The summed E-state index contributed by atoms with van der Waals surface area (Å²) in [6, 6.07) is 18.4. The number of benzene rings is 4. The number of nitrogens with one attached hydrogen (secondary N) is 4. The highest BCUT2D eigenvalue weighted by Crippen LogP contribution is 2.25. The minimum Gasteiger partial charge on any atom is -0.496 e. The minimum atomic E-state index is -0.982. The first-order valence-electron chi connectivity index (χ1n) is 23.9. The van der Waals surface area contributed by atoms with E-state index in [9.17, 15) is 33.6 Å². The molecule has 0 aliphatic heterocycles. The summed E-state index contributed by atoms with van der Waals surface area (Å²) in [5.41, 5.74) is 25.7. The largest absolute Gasteiger partial charge is 0.496 e. The van der Waals surface area contributed by atoms with Gasteiger partial charge in [-0.05, 0) is 149 Å². The zero-order valence-corrected chi connectivity index (χ0v) is 41.2. The van der Waals surface area contributed by atoms with Crippen molar-refractivity contribution >= 4 is 46.7 Å². The molecule has 0 aliphatic rings. The third-order valence-corrected chi connectivity index (χ3v) is 12.0. The van der Waals surface area contributed by atoms with Crippen LogP contribution in [0.1, 0.15) is 116 Å². The van der Waals surface area contributed by atoms with Gasteiger partial charge in [-0.2, -0.15) is 0 Å². The van der Waals surface area contributed by atoms with E-state index in [1.54, 1.807) is 67.7 Å². The van der Waals surface area contributed by atoms with Crippen molar-refractivity contribution in [1.29, 1.82) is 0 Å². The van der Waals surface area contributed by atoms with E-state index in [0.717, 1.165) is 5.69 Å². The van der Waals surface area contributed by atoms with E-state index in [0.29, 0.717) is 86.8 Å². The van der Waals surface area contributed by atoms with Crippen LogP contribution >= 0.6 is 0 Å². The molecule has 382 valence electrons. The molecular weight excluding hydrogens is 909 g/mol. The molecule has 18 nitrogen and oxygen atoms in total. The van der Waals surface area contributed by atoms with Crippen molar-refractivity contribution in [3.63, 3.8) is 0 Å². The second-order valence-electron chi connectivity index (χ2n) is 17.2. The summed E-state index contributed by atoms with van der Waals surface area (Å²) >= 11 is 0. The lowest BCUT2D eigenvalue weighted by Crippen LogP contribution is -2.42. The lowest BCUT2D eigenvalue weighted by molar-refractivity contribution is -0.121. The molecule has 0 aliphatic carbocycles. The van der Waals surface area contributed by atoms with E-state index in [1.807, 2.05) is 6.07 Å². The van der Waals surface area contributed by atoms with E-state index in [1.165, 1.54) is 33.5 Å². The highest BCUT2D eigenvalue weighted by molar-refractivity contribution is 6.03. The molecule has 0 saturated carbocycles. The quantitative estimate of drug-likeness (QED) is 0.0322. The first kappa shape index (κ1) is 56.4. The lowest BCUT2D eigenvalue weighted by Gasteiger charge is -2.21. The van der Waals surface area contributed by atoms with E-state index >= 15 is 0 Å². The van der Waals surface area contributed by atoms with E-state index in [-0.39, 0.29) is 83.4 Å². The maximum absolute atomic E-state index is 14.2. The second-order valence-corrected chi connectivity index (χ2v) is 17.2. The Hall–Kier alpha value is -7.15. The van der Waals surface area contributed by atoms with Gasteiger partial charge >= 0.3 is 0 Å². The molecule has 4 aromatic carbocycles. The van der Waals surface area contributed by atoms with Crippen molar-refractivity contribution in [3.05, 3.63) is 118 Å². The summed E-state index contributed by atoms with van der Waals surface area (Å²) in [5, 5.41) is 11.6. The highest BCUT2D eigenvalue weighted by atomic mass is 16.5. The van der Waals surface area contributed by atoms with Crippen LogP contribution in [0.4, 0.5) is 5.69 Å². The van der Waals surface area contributed by atoms with Crippen molar-refractivity contribution in [2.45, 2.75) is 95.2 Å². The fourth-order valence-electron chi connectivity index (χ4n) is 8.06. The molecule has 3 atom stereocenters. The number of carbonyl (C=O) groups is 7. The Balaban J connectivity index is 1.54. The zero-order chi connectivity index (χ0) is 51.9. The van der Waals surface area contributed by atoms with Crippen LogP contribution in [0, 0.1) is 0 Å². The lowest BCUT2D eigenvalue weighted by atomic mass is 9.95. The van der Waals surface area contributed by atoms with Crippen LogP contribution < -0.4 is 58.4 Å². The molecule has 71 heavy (non-hydrogen) atoms. The Bertz CT molecular complexity index is 2480. The number of ether oxygens (including phenoxy) is 3. The van der Waals surface area contributed by atoms with Crippen molar-refractivity contribution < 1.29 is 47.8 Å². The maximum Gasteiger partial charge on any atom is 0.255 e. The van der Waals surface area contributed by atoms with Crippen LogP contribution in [0.25, 0.3) is 0 Å². The SMILES string of the molecule is CNc1cccc(C(=O)N[C@@H](CCCCN)C(=O)Cc2ccc(OC)c(C(=O)N[C@@H](CCCCN)C(=O)Cc3ccc(OC)c(C(=O)N[C@@H](CCCCN)C(=O)Cc4ccc(OC)c(C(N)=O)c4)c3)c2)c1. The van der Waals surface area contributed by atoms with Crippen molar-refractivity contribution in [3.8, 4) is 17.2 Å². The average Bonchev–Trinajstić information content (AvgIpc) is 3.37. The fourth-order valence-corrected chi connectivity index (χ4v) is 8.06. The van der Waals surface area contributed by atoms with Crippen LogP contribution in [-0.2, 0) is 33.6 Å². The second kappa shape index (κ2) is 29.1. The van der Waals surface area contributed by atoms with Crippen LogP contribution in [0.5, 0.6) is 17.2 Å². The molecule has 0 unspecified atom stereocenters. The fraction of sp³-hybridized carbons (Fsp3) is 0.415. The summed E-state index contributed by atoms with van der Waals surface area (Å²) in [7, 11) is 5.95. The number of ketones is 3. The van der Waals surface area contributed by atoms with Gasteiger partial charge in [0, 0.05) is 37.6 Å². The molecule has 0 bridgehead atoms. The Morgan fingerprint density at radius 3 is 1.20 bits per heavy atom. The predicted octanol–water partition coefficient (Wildman–Crippen LogP) is 3.97. The van der Waals surface area contributed by atoms with Gasteiger partial charge in [0.1, 0.15) is 17.2 Å². The molecule has 4 amide bonds. The molecule has 0 aromatic heterocycles. The molecule has 0 spiro atoms. The molecule has 0 heterocycles. The molecule has 4 rings (SSSR count). The van der Waals surface area contributed by atoms with E-state index in [4.69, 9.17) is 37.1 Å². The molecular formula is C53H70N8O10. The first-order chi connectivity index (χ1) is 34.2. The number of unbranched alkanes of at least 4 members (excludes halogenated alkanes) is 3.